The number of hydrogen-bond donors (Lipinski definition) is 1. The van der Waals surface area contributed by atoms with E-state index in [-0.39, 0.29) is 5.78 Å². The number of benzene rings is 1. The van der Waals surface area contributed by atoms with Gasteiger partial charge in [-0.05, 0) is 19.1 Å². The number of carbonyl (C=O) groups is 2. The van der Waals surface area contributed by atoms with Crippen LogP contribution >= 0.6 is 0 Å². The van der Waals surface area contributed by atoms with Crippen LogP contribution in [0.25, 0.3) is 0 Å². The summed E-state index contributed by atoms with van der Waals surface area (Å²) < 4.78 is 4.87. The van der Waals surface area contributed by atoms with Gasteiger partial charge in [0.1, 0.15) is 5.92 Å². The maximum Gasteiger partial charge on any atom is 0.318 e. The number of fused-ring (bicyclic) bond motifs is 1. The van der Waals surface area contributed by atoms with Crippen LogP contribution in [0.15, 0.2) is 24.3 Å². The van der Waals surface area contributed by atoms with Crippen LogP contribution in [0.1, 0.15) is 17.3 Å². The molecule has 1 heterocycles. The Balaban J connectivity index is 2.24. The average molecular weight is 219 g/mol. The molecule has 16 heavy (non-hydrogen) atoms. The molecule has 0 saturated heterocycles. The van der Waals surface area contributed by atoms with Crippen molar-refractivity contribution in [1.29, 1.82) is 0 Å². The van der Waals surface area contributed by atoms with Gasteiger partial charge in [-0.1, -0.05) is 12.1 Å². The molecule has 0 aliphatic carbocycles. The fraction of sp³-hybridized carbons (Fsp3) is 0.333. The minimum absolute atomic E-state index is 0.159. The van der Waals surface area contributed by atoms with Crippen LogP contribution in [0.5, 0.6) is 0 Å². The second kappa shape index (κ2) is 4.35. The SMILES string of the molecule is CCOC(=O)[C@@H]1CNc2ccccc2C1=O. The average Bonchev–Trinajstić information content (AvgIpc) is 2.30. The Bertz CT molecular complexity index is 428. The van der Waals surface area contributed by atoms with E-state index in [1.165, 1.54) is 0 Å². The summed E-state index contributed by atoms with van der Waals surface area (Å²) in [4.78, 5) is 23.5. The molecule has 1 aromatic rings. The molecule has 1 N–H and O–H groups in total. The van der Waals surface area contributed by atoms with Crippen molar-refractivity contribution in [3.05, 3.63) is 29.8 Å². The number of carbonyl (C=O) groups excluding carboxylic acids is 2. The molecule has 2 rings (SSSR count). The number of para-hydroxylation sites is 1. The molecule has 0 fully saturated rings. The Labute approximate surface area is 93.6 Å². The lowest BCUT2D eigenvalue weighted by Crippen LogP contribution is -2.36. The number of nitrogens with one attached hydrogen (secondary N) is 1. The Morgan fingerprint density at radius 2 is 2.25 bits per heavy atom. The zero-order valence-electron chi connectivity index (χ0n) is 9.03. The zero-order chi connectivity index (χ0) is 11.5. The van der Waals surface area contributed by atoms with Gasteiger partial charge in [-0.25, -0.2) is 0 Å². The van der Waals surface area contributed by atoms with Gasteiger partial charge in [-0.15, -0.1) is 0 Å². The highest BCUT2D eigenvalue weighted by Crippen LogP contribution is 2.24. The van der Waals surface area contributed by atoms with E-state index in [4.69, 9.17) is 4.74 Å². The van der Waals surface area contributed by atoms with Crippen LogP contribution in [-0.4, -0.2) is 24.9 Å². The van der Waals surface area contributed by atoms with Crippen LogP contribution in [0.3, 0.4) is 0 Å². The van der Waals surface area contributed by atoms with Gasteiger partial charge in [-0.2, -0.15) is 0 Å². The summed E-state index contributed by atoms with van der Waals surface area (Å²) in [7, 11) is 0. The van der Waals surface area contributed by atoms with Crippen molar-refractivity contribution in [3.8, 4) is 0 Å². The number of anilines is 1. The minimum Gasteiger partial charge on any atom is -0.465 e. The van der Waals surface area contributed by atoms with Crippen LogP contribution in [0.4, 0.5) is 5.69 Å². The van der Waals surface area contributed by atoms with Gasteiger partial charge in [0, 0.05) is 17.8 Å². The predicted octanol–water partition coefficient (Wildman–Crippen LogP) is 1.47. The van der Waals surface area contributed by atoms with E-state index >= 15 is 0 Å². The third-order valence-electron chi connectivity index (χ3n) is 2.58. The second-order valence-corrected chi connectivity index (χ2v) is 3.60. The molecule has 1 aromatic carbocycles. The Kier molecular flexibility index (Phi) is 2.90. The normalized spacial score (nSPS) is 18.6. The molecule has 0 aromatic heterocycles. The van der Waals surface area contributed by atoms with Crippen molar-refractivity contribution < 1.29 is 14.3 Å². The van der Waals surface area contributed by atoms with Gasteiger partial charge in [0.15, 0.2) is 5.78 Å². The standard InChI is InChI=1S/C12H13NO3/c1-2-16-12(15)9-7-13-10-6-4-3-5-8(10)11(9)14/h3-6,9,13H,2,7H2,1H3/t9-/m1/s1. The maximum absolute atomic E-state index is 12.0. The first-order valence-electron chi connectivity index (χ1n) is 5.27. The molecule has 1 aliphatic rings. The molecule has 0 amide bonds. The van der Waals surface area contributed by atoms with Crippen molar-refractivity contribution in [3.63, 3.8) is 0 Å². The summed E-state index contributed by atoms with van der Waals surface area (Å²) >= 11 is 0. The van der Waals surface area contributed by atoms with Gasteiger partial charge in [0.25, 0.3) is 0 Å². The van der Waals surface area contributed by atoms with E-state index in [2.05, 4.69) is 5.32 Å². The van der Waals surface area contributed by atoms with Crippen LogP contribution in [-0.2, 0) is 9.53 Å². The van der Waals surface area contributed by atoms with Gasteiger partial charge >= 0.3 is 5.97 Å². The zero-order valence-corrected chi connectivity index (χ0v) is 9.03. The highest BCUT2D eigenvalue weighted by Gasteiger charge is 2.33. The third kappa shape index (κ3) is 1.78. The van der Waals surface area contributed by atoms with E-state index in [0.29, 0.717) is 18.7 Å². The van der Waals surface area contributed by atoms with Crippen molar-refractivity contribution in [1.82, 2.24) is 0 Å². The lowest BCUT2D eigenvalue weighted by atomic mass is 9.92. The van der Waals surface area contributed by atoms with Crippen LogP contribution in [0, 0.1) is 5.92 Å². The van der Waals surface area contributed by atoms with Crippen molar-refractivity contribution in [2.45, 2.75) is 6.92 Å². The number of hydrogen-bond acceptors (Lipinski definition) is 4. The molecule has 84 valence electrons. The van der Waals surface area contributed by atoms with E-state index in [1.54, 1.807) is 19.1 Å². The van der Waals surface area contributed by atoms with E-state index < -0.39 is 11.9 Å². The number of ether oxygens (including phenoxy) is 1. The molecule has 0 bridgehead atoms. The lowest BCUT2D eigenvalue weighted by Gasteiger charge is -2.23. The summed E-state index contributed by atoms with van der Waals surface area (Å²) in [6.07, 6.45) is 0. The molecule has 0 spiro atoms. The third-order valence-corrected chi connectivity index (χ3v) is 2.58. The second-order valence-electron chi connectivity index (χ2n) is 3.60. The molecule has 1 atom stereocenters. The number of esters is 1. The molecule has 0 unspecified atom stereocenters. The quantitative estimate of drug-likeness (QED) is 0.604. The van der Waals surface area contributed by atoms with Crippen LogP contribution in [0.2, 0.25) is 0 Å². The monoisotopic (exact) mass is 219 g/mol. The molecule has 4 nitrogen and oxygen atoms in total. The first kappa shape index (κ1) is 10.7. The van der Waals surface area contributed by atoms with E-state index in [0.717, 1.165) is 5.69 Å². The summed E-state index contributed by atoms with van der Waals surface area (Å²) in [5.41, 5.74) is 1.35. The van der Waals surface area contributed by atoms with Gasteiger partial charge in [-0.3, -0.25) is 9.59 Å². The topological polar surface area (TPSA) is 55.4 Å². The van der Waals surface area contributed by atoms with E-state index in [9.17, 15) is 9.59 Å². The van der Waals surface area contributed by atoms with E-state index in [1.807, 2.05) is 12.1 Å². The first-order chi connectivity index (χ1) is 7.74. The van der Waals surface area contributed by atoms with Gasteiger partial charge in [0.05, 0.1) is 6.61 Å². The first-order valence-corrected chi connectivity index (χ1v) is 5.27. The molecule has 4 heteroatoms. The summed E-state index contributed by atoms with van der Waals surface area (Å²) in [5.74, 6) is -1.32. The number of rotatable bonds is 2. The molecule has 0 saturated carbocycles. The Hall–Kier alpha value is -1.84. The van der Waals surface area contributed by atoms with Crippen molar-refractivity contribution in [2.75, 3.05) is 18.5 Å². The minimum atomic E-state index is -0.713. The molecule has 0 radical (unpaired) electrons. The predicted molar refractivity (Wildman–Crippen MR) is 59.4 cm³/mol. The molecular weight excluding hydrogens is 206 g/mol. The largest absolute Gasteiger partial charge is 0.465 e. The smallest absolute Gasteiger partial charge is 0.318 e. The van der Waals surface area contributed by atoms with Crippen LogP contribution < -0.4 is 5.32 Å². The highest BCUT2D eigenvalue weighted by molar-refractivity contribution is 6.13. The van der Waals surface area contributed by atoms with Crippen molar-refractivity contribution >= 4 is 17.4 Å². The molecular formula is C12H13NO3. The van der Waals surface area contributed by atoms with Gasteiger partial charge in [0.2, 0.25) is 0 Å². The fourth-order valence-electron chi connectivity index (χ4n) is 1.78. The highest BCUT2D eigenvalue weighted by atomic mass is 16.5. The summed E-state index contributed by atoms with van der Waals surface area (Å²) in [6.45, 7) is 2.34. The number of Topliss-reactive ketones (excluding diaryl/α,β-unsaturated/α-hetero) is 1. The molecule has 1 aliphatic heterocycles. The summed E-state index contributed by atoms with van der Waals surface area (Å²) in [5, 5.41) is 3.06. The van der Waals surface area contributed by atoms with Crippen molar-refractivity contribution in [2.24, 2.45) is 5.92 Å². The number of ketones is 1. The lowest BCUT2D eigenvalue weighted by molar-refractivity contribution is -0.145. The summed E-state index contributed by atoms with van der Waals surface area (Å²) in [6, 6.07) is 7.18. The van der Waals surface area contributed by atoms with Gasteiger partial charge < -0.3 is 10.1 Å². The maximum atomic E-state index is 12.0. The Morgan fingerprint density at radius 3 is 3.00 bits per heavy atom. The Morgan fingerprint density at radius 1 is 1.50 bits per heavy atom. The fourth-order valence-corrected chi connectivity index (χ4v) is 1.78.